The third kappa shape index (κ3) is 13.4. The van der Waals surface area contributed by atoms with Crippen LogP contribution < -0.4 is 30.4 Å². The minimum Gasteiger partial charge on any atom is -0.507 e. The summed E-state index contributed by atoms with van der Waals surface area (Å²) < 4.78 is 38.8. The quantitative estimate of drug-likeness (QED) is 0.0883. The number of nitrogens with two attached hydrogens (primary N) is 2. The van der Waals surface area contributed by atoms with Crippen LogP contribution >= 0.6 is 0 Å². The number of carbonyl (C=O) groups is 5. The molecule has 0 radical (unpaired) electrons. The summed E-state index contributed by atoms with van der Waals surface area (Å²) >= 11 is 0. The lowest BCUT2D eigenvalue weighted by Crippen LogP contribution is -2.46. The number of fused-ring (bicyclic) bond motifs is 5. The number of carbonyl (C=O) groups excluding carboxylic acids is 5. The van der Waals surface area contributed by atoms with Gasteiger partial charge >= 0.3 is 0 Å². The number of ether oxygens (including phenoxy) is 2. The van der Waals surface area contributed by atoms with E-state index in [9.17, 15) is 42.8 Å². The van der Waals surface area contributed by atoms with Crippen LogP contribution in [0.1, 0.15) is 104 Å². The average Bonchev–Trinajstić information content (AvgIpc) is 3.31. The Kier molecular flexibility index (Phi) is 17.4. The number of aromatic nitrogens is 2. The van der Waals surface area contributed by atoms with Crippen molar-refractivity contribution in [3.63, 3.8) is 0 Å². The number of Topliss-reactive ketones (excluding diaryl/α,β-unsaturated/α-hetero) is 3. The Balaban J connectivity index is 1.34. The van der Waals surface area contributed by atoms with Crippen LogP contribution in [0.2, 0.25) is 0 Å². The number of phenolic OH excluding ortho intramolecular Hbond substituents is 1. The van der Waals surface area contributed by atoms with E-state index in [2.05, 4.69) is 20.0 Å². The largest absolute Gasteiger partial charge is 0.507 e. The molecule has 2 aliphatic rings. The molecule has 7 N–H and O–H groups in total. The molecule has 0 spiro atoms. The third-order valence-electron chi connectivity index (χ3n) is 12.5. The number of amides is 2. The number of hydrogen-bond acceptors (Lipinski definition) is 14. The van der Waals surface area contributed by atoms with E-state index in [1.165, 1.54) is 38.6 Å². The number of nitriles is 1. The standard InChI is InChI=1S/C50H60N8O10S/c1-29-23-44(62)47(34-15-18-41(59)38(26-34)39-24-32(12-19-45(39)67-22-21-52)25-40(57-49(29)63)42(60)11-8-20-51)58(4)50(64)35(28-54-69(53,65)66)27-43(61)46-30(2)55-48(56-31(46)3)33-13-16-37(17-14-33)68-36-9-6-5-7-10-36/h12-19,24,26,29,35-36,40,47,54,59H,5-11,21-23,25,27-28,52H2,1-4H3,(H,57,63)(H2,53,65,66)/t29-,35+,40+,47+/m1/s1. The molecular weight excluding hydrogens is 905 g/mol. The predicted molar refractivity (Wildman–Crippen MR) is 256 cm³/mol. The van der Waals surface area contributed by atoms with Crippen LogP contribution in [-0.2, 0) is 35.8 Å². The van der Waals surface area contributed by atoms with Gasteiger partial charge in [0.05, 0.1) is 41.1 Å². The van der Waals surface area contributed by atoms with E-state index in [0.717, 1.165) is 36.3 Å². The molecule has 4 bridgehead atoms. The van der Waals surface area contributed by atoms with E-state index in [1.54, 1.807) is 32.0 Å². The maximum absolute atomic E-state index is 14.8. The van der Waals surface area contributed by atoms with Crippen molar-refractivity contribution >= 4 is 39.4 Å². The minimum atomic E-state index is -4.39. The molecular formula is C50H60N8O10S. The summed E-state index contributed by atoms with van der Waals surface area (Å²) in [7, 11) is -3.07. The molecule has 3 aromatic carbocycles. The van der Waals surface area contributed by atoms with E-state index >= 15 is 0 Å². The Morgan fingerprint density at radius 2 is 1.68 bits per heavy atom. The first-order valence-electron chi connectivity index (χ1n) is 23.1. The Hall–Kier alpha value is -6.59. The van der Waals surface area contributed by atoms with Crippen molar-refractivity contribution in [2.75, 3.05) is 26.7 Å². The number of rotatable bonds is 17. The predicted octanol–water partition coefficient (Wildman–Crippen LogP) is 4.87. The first-order valence-corrected chi connectivity index (χ1v) is 24.6. The molecule has 18 nitrogen and oxygen atoms in total. The van der Waals surface area contributed by atoms with Gasteiger partial charge in [0, 0.05) is 68.4 Å². The van der Waals surface area contributed by atoms with Crippen LogP contribution in [0.15, 0.2) is 60.7 Å². The van der Waals surface area contributed by atoms with E-state index in [1.807, 2.05) is 30.3 Å². The summed E-state index contributed by atoms with van der Waals surface area (Å²) in [4.78, 5) is 81.3. The Morgan fingerprint density at radius 3 is 2.33 bits per heavy atom. The van der Waals surface area contributed by atoms with Crippen molar-refractivity contribution in [3.05, 3.63) is 88.7 Å². The molecule has 366 valence electrons. The highest BCUT2D eigenvalue weighted by atomic mass is 32.2. The fourth-order valence-corrected chi connectivity index (χ4v) is 9.37. The first kappa shape index (κ1) is 51.8. The zero-order valence-electron chi connectivity index (χ0n) is 39.3. The van der Waals surface area contributed by atoms with Crippen molar-refractivity contribution in [2.45, 2.75) is 103 Å². The van der Waals surface area contributed by atoms with Gasteiger partial charge in [-0.1, -0.05) is 25.5 Å². The highest BCUT2D eigenvalue weighted by molar-refractivity contribution is 7.87. The molecule has 0 unspecified atom stereocenters. The molecule has 69 heavy (non-hydrogen) atoms. The summed E-state index contributed by atoms with van der Waals surface area (Å²) in [5, 5.41) is 28.7. The SMILES string of the molecule is Cc1nc(-c2ccc(OC3CCCCC3)cc2)nc(C)c1C(=O)C[C@@H](CNS(N)(=O)=O)C(=O)N(C)[C@@H]1C(=O)C[C@@H](C)C(=O)N[C@H](C(=O)CCC#N)Cc2ccc(OCCN)c(c2)-c2cc1ccc2O. The summed E-state index contributed by atoms with van der Waals surface area (Å²) in [5.74, 6) is -4.33. The van der Waals surface area contributed by atoms with Crippen LogP contribution in [0, 0.1) is 37.0 Å². The fourth-order valence-electron chi connectivity index (χ4n) is 8.94. The van der Waals surface area contributed by atoms with E-state index in [4.69, 9.17) is 20.3 Å². The normalized spacial score (nSPS) is 18.2. The zero-order valence-corrected chi connectivity index (χ0v) is 40.1. The van der Waals surface area contributed by atoms with Gasteiger partial charge in [0.2, 0.25) is 11.8 Å². The van der Waals surface area contributed by atoms with Gasteiger partial charge in [0.15, 0.2) is 23.2 Å². The number of aryl methyl sites for hydroxylation is 2. The van der Waals surface area contributed by atoms with Crippen molar-refractivity contribution in [1.82, 2.24) is 24.9 Å². The number of ketones is 3. The second kappa shape index (κ2) is 23.1. The van der Waals surface area contributed by atoms with Crippen LogP contribution in [0.25, 0.3) is 22.5 Å². The summed E-state index contributed by atoms with van der Waals surface area (Å²) in [6, 6.07) is 16.1. The number of phenols is 1. The molecule has 2 heterocycles. The fraction of sp³-hybridized carbons (Fsp3) is 0.440. The van der Waals surface area contributed by atoms with Crippen molar-refractivity contribution in [2.24, 2.45) is 22.7 Å². The molecule has 4 aromatic rings. The van der Waals surface area contributed by atoms with Gasteiger partial charge in [-0.05, 0) is 106 Å². The number of nitrogens with zero attached hydrogens (tertiary/aromatic N) is 4. The number of hydrogen-bond donors (Lipinski definition) is 5. The van der Waals surface area contributed by atoms with Gasteiger partial charge in [0.1, 0.15) is 29.9 Å². The van der Waals surface area contributed by atoms with Gasteiger partial charge in [-0.25, -0.2) is 19.8 Å². The molecule has 6 rings (SSSR count). The van der Waals surface area contributed by atoms with Gasteiger partial charge in [-0.15, -0.1) is 0 Å². The molecule has 0 saturated heterocycles. The van der Waals surface area contributed by atoms with Crippen molar-refractivity contribution < 1.29 is 47.0 Å². The lowest BCUT2D eigenvalue weighted by atomic mass is 9.88. The second-order valence-corrected chi connectivity index (χ2v) is 19.1. The molecule has 1 aromatic heterocycles. The van der Waals surface area contributed by atoms with Gasteiger partial charge in [-0.2, -0.15) is 13.7 Å². The molecule has 4 atom stereocenters. The first-order chi connectivity index (χ1) is 32.9. The van der Waals surface area contributed by atoms with Crippen molar-refractivity contribution in [1.29, 1.82) is 5.26 Å². The molecule has 1 fully saturated rings. The molecule has 1 saturated carbocycles. The monoisotopic (exact) mass is 964 g/mol. The summed E-state index contributed by atoms with van der Waals surface area (Å²) in [6.45, 7) is 4.39. The smallest absolute Gasteiger partial charge is 0.274 e. The third-order valence-corrected chi connectivity index (χ3v) is 13.1. The molecule has 2 amide bonds. The van der Waals surface area contributed by atoms with E-state index in [-0.39, 0.29) is 61.0 Å². The van der Waals surface area contributed by atoms with Gasteiger partial charge < -0.3 is 30.5 Å². The maximum Gasteiger partial charge on any atom is 0.274 e. The number of aromatic hydroxyl groups is 1. The van der Waals surface area contributed by atoms with Crippen LogP contribution in [0.3, 0.4) is 0 Å². The Bertz CT molecular complexity index is 2700. The zero-order chi connectivity index (χ0) is 50.0. The highest BCUT2D eigenvalue weighted by Gasteiger charge is 2.37. The molecule has 1 aliphatic heterocycles. The second-order valence-electron chi connectivity index (χ2n) is 17.8. The Labute approximate surface area is 402 Å². The van der Waals surface area contributed by atoms with Crippen LogP contribution in [0.4, 0.5) is 0 Å². The summed E-state index contributed by atoms with van der Waals surface area (Å²) in [6.07, 6.45) is 4.50. The lowest BCUT2D eigenvalue weighted by Gasteiger charge is -2.32. The van der Waals surface area contributed by atoms with Gasteiger partial charge in [-0.3, -0.25) is 24.0 Å². The highest BCUT2D eigenvalue weighted by Crippen LogP contribution is 2.40. The summed E-state index contributed by atoms with van der Waals surface area (Å²) in [5.41, 5.74) is 8.55. The Morgan fingerprint density at radius 1 is 0.986 bits per heavy atom. The molecule has 19 heteroatoms. The number of nitrogens with one attached hydrogen (secondary N) is 2. The lowest BCUT2D eigenvalue weighted by molar-refractivity contribution is -0.142. The number of likely N-dealkylation sites (N-methyl/N-ethyl adjacent to an activating group) is 1. The average molecular weight is 965 g/mol. The van der Waals surface area contributed by atoms with Crippen LogP contribution in [0.5, 0.6) is 17.2 Å². The van der Waals surface area contributed by atoms with Crippen LogP contribution in [-0.4, -0.2) is 96.4 Å². The van der Waals surface area contributed by atoms with Crippen molar-refractivity contribution in [3.8, 4) is 45.8 Å². The number of benzene rings is 3. The van der Waals surface area contributed by atoms with E-state index in [0.29, 0.717) is 39.7 Å². The molecule has 1 aliphatic carbocycles. The maximum atomic E-state index is 14.8. The topological polar surface area (TPSA) is 287 Å². The van der Waals surface area contributed by atoms with Gasteiger partial charge in [0.25, 0.3) is 10.2 Å². The minimum absolute atomic E-state index is 0.0209. The van der Waals surface area contributed by atoms with E-state index < -0.39 is 82.7 Å².